The first-order valence-electron chi connectivity index (χ1n) is 9.14. The molecule has 1 aliphatic carbocycles. The molecule has 1 aromatic rings. The van der Waals surface area contributed by atoms with E-state index < -0.39 is 11.7 Å². The van der Waals surface area contributed by atoms with Crippen molar-refractivity contribution in [1.29, 1.82) is 0 Å². The van der Waals surface area contributed by atoms with E-state index in [1.54, 1.807) is 12.1 Å². The zero-order valence-corrected chi connectivity index (χ0v) is 15.7. The Hall–Kier alpha value is -0.820. The number of nitrogens with zero attached hydrogens (tertiary/aromatic N) is 1. The first-order chi connectivity index (χ1) is 12.1. The highest BCUT2D eigenvalue weighted by molar-refractivity contribution is 5.85. The van der Waals surface area contributed by atoms with Crippen LogP contribution in [-0.4, -0.2) is 50.0 Å². The Morgan fingerprint density at radius 3 is 2.50 bits per heavy atom. The summed E-state index contributed by atoms with van der Waals surface area (Å²) in [5.41, 5.74) is -0.235. The molecule has 0 spiro atoms. The summed E-state index contributed by atoms with van der Waals surface area (Å²) in [5, 5.41) is 0. The lowest BCUT2D eigenvalue weighted by molar-refractivity contribution is -0.138. The first-order valence-corrected chi connectivity index (χ1v) is 9.14. The SMILES string of the molecule is Cl.FC(F)(F)c1ccccc1CCO[C@H]1CCCC[C@@H]1N1CCOCC1. The van der Waals surface area contributed by atoms with Crippen LogP contribution in [0.2, 0.25) is 0 Å². The van der Waals surface area contributed by atoms with Crippen LogP contribution in [0.15, 0.2) is 24.3 Å². The fourth-order valence-electron chi connectivity index (χ4n) is 3.93. The molecule has 0 aromatic heterocycles. The van der Waals surface area contributed by atoms with E-state index in [-0.39, 0.29) is 18.5 Å². The molecule has 1 saturated carbocycles. The number of hydrogen-bond donors (Lipinski definition) is 0. The van der Waals surface area contributed by atoms with Gasteiger partial charge >= 0.3 is 6.18 Å². The van der Waals surface area contributed by atoms with E-state index >= 15 is 0 Å². The van der Waals surface area contributed by atoms with Crippen molar-refractivity contribution in [3.63, 3.8) is 0 Å². The molecule has 0 N–H and O–H groups in total. The number of benzene rings is 1. The quantitative estimate of drug-likeness (QED) is 0.743. The molecule has 7 heteroatoms. The largest absolute Gasteiger partial charge is 0.416 e. The van der Waals surface area contributed by atoms with Crippen molar-refractivity contribution in [2.75, 3.05) is 32.9 Å². The van der Waals surface area contributed by atoms with Gasteiger partial charge in [0.05, 0.1) is 31.5 Å². The fourth-order valence-corrected chi connectivity index (χ4v) is 3.93. The number of hydrogen-bond acceptors (Lipinski definition) is 3. The Kier molecular flexibility index (Phi) is 8.20. The third-order valence-electron chi connectivity index (χ3n) is 5.21. The van der Waals surface area contributed by atoms with Gasteiger partial charge in [0.2, 0.25) is 0 Å². The summed E-state index contributed by atoms with van der Waals surface area (Å²) in [7, 11) is 0. The molecule has 2 aliphatic rings. The Labute approximate surface area is 159 Å². The molecule has 3 rings (SSSR count). The molecule has 0 bridgehead atoms. The topological polar surface area (TPSA) is 21.7 Å². The van der Waals surface area contributed by atoms with Crippen molar-refractivity contribution in [2.45, 2.75) is 50.4 Å². The van der Waals surface area contributed by atoms with Crippen LogP contribution in [0, 0.1) is 0 Å². The maximum absolute atomic E-state index is 13.1. The average Bonchev–Trinajstić information content (AvgIpc) is 2.62. The van der Waals surface area contributed by atoms with Crippen molar-refractivity contribution in [3.05, 3.63) is 35.4 Å². The molecule has 1 saturated heterocycles. The van der Waals surface area contributed by atoms with Crippen molar-refractivity contribution in [1.82, 2.24) is 4.90 Å². The lowest BCUT2D eigenvalue weighted by Crippen LogP contribution is -2.51. The minimum atomic E-state index is -4.31. The third-order valence-corrected chi connectivity index (χ3v) is 5.21. The van der Waals surface area contributed by atoms with Crippen molar-refractivity contribution < 1.29 is 22.6 Å². The van der Waals surface area contributed by atoms with Crippen LogP contribution < -0.4 is 0 Å². The summed E-state index contributed by atoms with van der Waals surface area (Å²) in [4.78, 5) is 2.43. The average molecular weight is 394 g/mol. The summed E-state index contributed by atoms with van der Waals surface area (Å²) in [6.45, 7) is 3.67. The summed E-state index contributed by atoms with van der Waals surface area (Å²) in [6.07, 6.45) is 0.514. The Balaban J connectivity index is 0.00000243. The predicted molar refractivity (Wildman–Crippen MR) is 96.8 cm³/mol. The van der Waals surface area contributed by atoms with Gasteiger partial charge in [0.1, 0.15) is 0 Å². The Morgan fingerprint density at radius 1 is 1.08 bits per heavy atom. The lowest BCUT2D eigenvalue weighted by Gasteiger charge is -2.41. The van der Waals surface area contributed by atoms with Gasteiger partial charge in [-0.2, -0.15) is 13.2 Å². The number of ether oxygens (including phenoxy) is 2. The van der Waals surface area contributed by atoms with Crippen LogP contribution in [0.1, 0.15) is 36.8 Å². The maximum atomic E-state index is 13.1. The summed E-state index contributed by atoms with van der Waals surface area (Å²) >= 11 is 0. The molecule has 0 unspecified atom stereocenters. The van der Waals surface area contributed by atoms with Gasteiger partial charge in [0.25, 0.3) is 0 Å². The van der Waals surface area contributed by atoms with E-state index in [0.29, 0.717) is 24.6 Å². The summed E-state index contributed by atoms with van der Waals surface area (Å²) in [5.74, 6) is 0. The van der Waals surface area contributed by atoms with Gasteiger partial charge in [0, 0.05) is 19.1 Å². The van der Waals surface area contributed by atoms with Crippen LogP contribution >= 0.6 is 12.4 Å². The van der Waals surface area contributed by atoms with Gasteiger partial charge in [-0.15, -0.1) is 12.4 Å². The summed E-state index contributed by atoms with van der Waals surface area (Å²) < 4.78 is 50.7. The van der Waals surface area contributed by atoms with Crippen LogP contribution in [0.3, 0.4) is 0 Å². The zero-order chi connectivity index (χ0) is 17.7. The highest BCUT2D eigenvalue weighted by Gasteiger charge is 2.34. The smallest absolute Gasteiger partial charge is 0.379 e. The Morgan fingerprint density at radius 2 is 1.77 bits per heavy atom. The van der Waals surface area contributed by atoms with Crippen LogP contribution in [0.5, 0.6) is 0 Å². The second-order valence-corrected chi connectivity index (χ2v) is 6.81. The van der Waals surface area contributed by atoms with Crippen LogP contribution in [-0.2, 0) is 22.1 Å². The normalized spacial score (nSPS) is 24.9. The molecule has 1 aliphatic heterocycles. The highest BCUT2D eigenvalue weighted by Crippen LogP contribution is 2.32. The van der Waals surface area contributed by atoms with E-state index in [2.05, 4.69) is 4.90 Å². The molecule has 148 valence electrons. The molecule has 0 radical (unpaired) electrons. The molecule has 1 aromatic carbocycles. The van der Waals surface area contributed by atoms with Gasteiger partial charge in [-0.05, 0) is 30.9 Å². The van der Waals surface area contributed by atoms with E-state index in [1.807, 2.05) is 0 Å². The van der Waals surface area contributed by atoms with Gasteiger partial charge in [0.15, 0.2) is 0 Å². The molecule has 2 atom stereocenters. The number of halogens is 4. The molecular weight excluding hydrogens is 367 g/mol. The molecular formula is C19H27ClF3NO2. The molecule has 1 heterocycles. The summed E-state index contributed by atoms with van der Waals surface area (Å²) in [6, 6.07) is 6.15. The second kappa shape index (κ2) is 9.93. The molecule has 0 amide bonds. The van der Waals surface area contributed by atoms with Gasteiger partial charge in [-0.25, -0.2) is 0 Å². The molecule has 26 heavy (non-hydrogen) atoms. The lowest BCUT2D eigenvalue weighted by atomic mass is 9.91. The van der Waals surface area contributed by atoms with Crippen molar-refractivity contribution in [3.8, 4) is 0 Å². The van der Waals surface area contributed by atoms with Crippen molar-refractivity contribution >= 4 is 12.4 Å². The number of morpholine rings is 1. The molecule has 3 nitrogen and oxygen atoms in total. The third kappa shape index (κ3) is 5.59. The van der Waals surface area contributed by atoms with E-state index in [1.165, 1.54) is 12.5 Å². The zero-order valence-electron chi connectivity index (χ0n) is 14.8. The van der Waals surface area contributed by atoms with Crippen LogP contribution in [0.4, 0.5) is 13.2 Å². The van der Waals surface area contributed by atoms with Crippen LogP contribution in [0.25, 0.3) is 0 Å². The van der Waals surface area contributed by atoms with E-state index in [4.69, 9.17) is 9.47 Å². The van der Waals surface area contributed by atoms with Crippen molar-refractivity contribution in [2.24, 2.45) is 0 Å². The van der Waals surface area contributed by atoms with Gasteiger partial charge in [-0.1, -0.05) is 31.0 Å². The highest BCUT2D eigenvalue weighted by atomic mass is 35.5. The second-order valence-electron chi connectivity index (χ2n) is 6.81. The monoisotopic (exact) mass is 393 g/mol. The minimum absolute atomic E-state index is 0. The molecule has 2 fully saturated rings. The standard InChI is InChI=1S/C19H26F3NO2.ClH/c20-19(21,22)16-6-2-1-5-15(16)9-12-25-18-8-4-3-7-17(18)23-10-13-24-14-11-23;/h1-2,5-6,17-18H,3-4,7-14H2;1H/t17-,18-;/m0./s1. The van der Waals surface area contributed by atoms with E-state index in [9.17, 15) is 13.2 Å². The maximum Gasteiger partial charge on any atom is 0.416 e. The van der Waals surface area contributed by atoms with E-state index in [0.717, 1.165) is 51.6 Å². The number of alkyl halides is 3. The minimum Gasteiger partial charge on any atom is -0.379 e. The van der Waals surface area contributed by atoms with Gasteiger partial charge < -0.3 is 9.47 Å². The van der Waals surface area contributed by atoms with Gasteiger partial charge in [-0.3, -0.25) is 4.90 Å². The number of rotatable bonds is 5. The fraction of sp³-hybridized carbons (Fsp3) is 0.684. The predicted octanol–water partition coefficient (Wildman–Crippen LogP) is 4.33. The first kappa shape index (κ1) is 21.5. The Bertz CT molecular complexity index is 550.